The van der Waals surface area contributed by atoms with Crippen molar-refractivity contribution in [1.29, 1.82) is 0 Å². The highest BCUT2D eigenvalue weighted by atomic mass is 16.4. The maximum absolute atomic E-state index is 13.7. The molecule has 14 nitrogen and oxygen atoms in total. The van der Waals surface area contributed by atoms with Crippen LogP contribution in [-0.2, 0) is 39.3 Å². The molecule has 2 heterocycles. The van der Waals surface area contributed by atoms with Crippen LogP contribution in [0.15, 0.2) is 42.5 Å². The largest absolute Gasteiger partial charge is 0.480 e. The summed E-state index contributed by atoms with van der Waals surface area (Å²) in [6, 6.07) is 14.8. The number of carboxylic acids is 3. The van der Waals surface area contributed by atoms with Crippen LogP contribution < -0.4 is 4.57 Å². The highest BCUT2D eigenvalue weighted by molar-refractivity contribution is 6.05. The highest BCUT2D eigenvalue weighted by Crippen LogP contribution is 2.27. The number of hydrogen-bond donors (Lipinski definition) is 3. The van der Waals surface area contributed by atoms with Gasteiger partial charge >= 0.3 is 17.9 Å². The molecule has 0 saturated carbocycles. The highest BCUT2D eigenvalue weighted by Gasteiger charge is 2.24. The van der Waals surface area contributed by atoms with Crippen molar-refractivity contribution in [2.45, 2.75) is 26.9 Å². The average Bonchev–Trinajstić information content (AvgIpc) is 3.08. The van der Waals surface area contributed by atoms with Crippen molar-refractivity contribution >= 4 is 45.5 Å². The molecule has 3 aromatic rings. The summed E-state index contributed by atoms with van der Waals surface area (Å²) in [7, 11) is 3.89. The van der Waals surface area contributed by atoms with E-state index in [1.54, 1.807) is 26.6 Å². The number of aliphatic carboxylic acids is 3. The Labute approximate surface area is 300 Å². The number of aromatic nitrogens is 1. The lowest BCUT2D eigenvalue weighted by atomic mass is 10.0. The maximum Gasteiger partial charge on any atom is 0.317 e. The molecule has 0 spiro atoms. The Hall–Kier alpha value is -4.21. The smallest absolute Gasteiger partial charge is 0.317 e. The molecular formula is C37H54N7O7+. The number of benzene rings is 2. The van der Waals surface area contributed by atoms with Gasteiger partial charge in [-0.15, -0.1) is 0 Å². The van der Waals surface area contributed by atoms with Gasteiger partial charge in [-0.2, -0.15) is 4.57 Å². The SMILES string of the molecule is CCN(CC)Cc1c2ccccc2c2cc(CN(C)C(=O)CN3CCN(CC(=O)O)CCN(CC(=O)O)CCN(CC(=O)O)CC3)ccc2[n+]1C. The van der Waals surface area contributed by atoms with Gasteiger partial charge in [0, 0.05) is 77.4 Å². The van der Waals surface area contributed by atoms with E-state index in [-0.39, 0.29) is 32.1 Å². The summed E-state index contributed by atoms with van der Waals surface area (Å²) in [5, 5.41) is 31.9. The van der Waals surface area contributed by atoms with E-state index in [1.165, 1.54) is 16.5 Å². The van der Waals surface area contributed by atoms with Crippen molar-refractivity contribution < 1.29 is 39.1 Å². The van der Waals surface area contributed by atoms with Gasteiger partial charge in [-0.1, -0.05) is 38.1 Å². The Balaban J connectivity index is 1.52. The van der Waals surface area contributed by atoms with Gasteiger partial charge in [0.15, 0.2) is 0 Å². The number of likely N-dealkylation sites (N-methyl/N-ethyl adjacent to an activating group) is 1. The monoisotopic (exact) mass is 708 g/mol. The Bertz CT molecular complexity index is 1650. The molecule has 0 aliphatic carbocycles. The van der Waals surface area contributed by atoms with E-state index in [0.717, 1.165) is 36.1 Å². The van der Waals surface area contributed by atoms with Crippen molar-refractivity contribution in [3.05, 3.63) is 53.7 Å². The van der Waals surface area contributed by atoms with Gasteiger partial charge in [0.1, 0.15) is 7.05 Å². The Morgan fingerprint density at radius 3 is 1.55 bits per heavy atom. The fraction of sp³-hybridized carbons (Fsp3) is 0.541. The van der Waals surface area contributed by atoms with Crippen LogP contribution in [0.25, 0.3) is 21.7 Å². The van der Waals surface area contributed by atoms with Crippen molar-refractivity contribution in [2.24, 2.45) is 7.05 Å². The summed E-state index contributed by atoms with van der Waals surface area (Å²) >= 11 is 0. The topological polar surface area (TPSA) is 152 Å². The second kappa shape index (κ2) is 18.9. The molecule has 278 valence electrons. The zero-order valence-electron chi connectivity index (χ0n) is 30.5. The summed E-state index contributed by atoms with van der Waals surface area (Å²) in [5.74, 6) is -3.08. The first-order valence-electron chi connectivity index (χ1n) is 17.7. The molecule has 0 atom stereocenters. The number of carboxylic acid groups (broad SMARTS) is 3. The van der Waals surface area contributed by atoms with Gasteiger partial charge in [-0.3, -0.25) is 43.7 Å². The third-order valence-electron chi connectivity index (χ3n) is 9.83. The normalized spacial score (nSPS) is 16.3. The van der Waals surface area contributed by atoms with E-state index >= 15 is 0 Å². The van der Waals surface area contributed by atoms with Gasteiger partial charge in [-0.25, -0.2) is 0 Å². The zero-order valence-corrected chi connectivity index (χ0v) is 30.5. The minimum Gasteiger partial charge on any atom is -0.480 e. The molecule has 0 unspecified atom stereocenters. The van der Waals surface area contributed by atoms with Crippen LogP contribution in [-0.4, -0.2) is 167 Å². The zero-order chi connectivity index (χ0) is 37.1. The summed E-state index contributed by atoms with van der Waals surface area (Å²) in [5.41, 5.74) is 3.38. The van der Waals surface area contributed by atoms with Crippen LogP contribution in [0.1, 0.15) is 25.1 Å². The fourth-order valence-corrected chi connectivity index (χ4v) is 6.79. The number of amides is 1. The third-order valence-corrected chi connectivity index (χ3v) is 9.83. The summed E-state index contributed by atoms with van der Waals surface area (Å²) in [4.78, 5) is 59.7. The number of aryl methyl sites for hydroxylation is 1. The van der Waals surface area contributed by atoms with Gasteiger partial charge in [-0.05, 0) is 30.8 Å². The van der Waals surface area contributed by atoms with Crippen molar-refractivity contribution in [3.63, 3.8) is 0 Å². The van der Waals surface area contributed by atoms with Gasteiger partial charge < -0.3 is 20.2 Å². The molecule has 3 N–H and O–H groups in total. The first-order chi connectivity index (χ1) is 24.4. The quantitative estimate of drug-likeness (QED) is 0.163. The third kappa shape index (κ3) is 11.4. The lowest BCUT2D eigenvalue weighted by molar-refractivity contribution is -0.652. The number of pyridine rings is 1. The number of carbonyl (C=O) groups is 4. The van der Waals surface area contributed by atoms with Crippen LogP contribution >= 0.6 is 0 Å². The van der Waals surface area contributed by atoms with Gasteiger partial charge in [0.2, 0.25) is 17.1 Å². The van der Waals surface area contributed by atoms with Gasteiger partial charge in [0.25, 0.3) is 0 Å². The van der Waals surface area contributed by atoms with Crippen molar-refractivity contribution in [1.82, 2.24) is 29.4 Å². The molecule has 1 fully saturated rings. The average molecular weight is 709 g/mol. The van der Waals surface area contributed by atoms with Crippen LogP contribution in [0, 0.1) is 0 Å². The van der Waals surface area contributed by atoms with E-state index in [9.17, 15) is 34.5 Å². The lowest BCUT2D eigenvalue weighted by Gasteiger charge is -2.33. The molecule has 1 saturated heterocycles. The molecule has 1 aliphatic heterocycles. The molecule has 14 heteroatoms. The van der Waals surface area contributed by atoms with Crippen LogP contribution in [0.2, 0.25) is 0 Å². The molecule has 4 rings (SSSR count). The van der Waals surface area contributed by atoms with Crippen LogP contribution in [0.3, 0.4) is 0 Å². The van der Waals surface area contributed by atoms with Crippen LogP contribution in [0.5, 0.6) is 0 Å². The summed E-state index contributed by atoms with van der Waals surface area (Å²) in [6.07, 6.45) is 0. The molecule has 1 aliphatic rings. The lowest BCUT2D eigenvalue weighted by Crippen LogP contribution is -2.49. The number of carbonyl (C=O) groups excluding carboxylic acids is 1. The minimum atomic E-state index is -1.00. The second-order valence-electron chi connectivity index (χ2n) is 13.4. The summed E-state index contributed by atoms with van der Waals surface area (Å²) < 4.78 is 2.27. The first-order valence-corrected chi connectivity index (χ1v) is 17.7. The molecule has 1 aromatic heterocycles. The number of hydrogen-bond acceptors (Lipinski definition) is 9. The van der Waals surface area contributed by atoms with E-state index < -0.39 is 17.9 Å². The minimum absolute atomic E-state index is 0.0870. The molecule has 2 aromatic carbocycles. The van der Waals surface area contributed by atoms with Crippen LogP contribution in [0.4, 0.5) is 0 Å². The molecular weight excluding hydrogens is 654 g/mol. The van der Waals surface area contributed by atoms with E-state index in [0.29, 0.717) is 58.9 Å². The Morgan fingerprint density at radius 1 is 0.647 bits per heavy atom. The second-order valence-corrected chi connectivity index (χ2v) is 13.4. The molecule has 0 radical (unpaired) electrons. The van der Waals surface area contributed by atoms with E-state index in [1.807, 2.05) is 4.90 Å². The standard InChI is InChI=1S/C37H53N7O7/c1-5-40(6-2)23-33-30-10-8-7-9-29(30)31-21-28(11-12-32(31)39(33)4)22-38(3)34(45)24-41-13-15-42(25-35(46)47)17-19-44(27-37(50)51)20-18-43(16-14-41)26-36(48)49/h7-12,21H,5-6,13-20,22-27H2,1-4H3,(H2-,46,47,48,49,50,51)/p+1. The van der Waals surface area contributed by atoms with Gasteiger partial charge in [0.05, 0.1) is 43.5 Å². The first kappa shape index (κ1) is 39.6. The maximum atomic E-state index is 13.7. The number of nitrogens with zero attached hydrogens (tertiary/aromatic N) is 7. The fourth-order valence-electron chi connectivity index (χ4n) is 6.79. The van der Waals surface area contributed by atoms with E-state index in [4.69, 9.17) is 0 Å². The Kier molecular flexibility index (Phi) is 14.6. The Morgan fingerprint density at radius 2 is 1.10 bits per heavy atom. The number of fused-ring (bicyclic) bond motifs is 3. The predicted octanol–water partition coefficient (Wildman–Crippen LogP) is 1.09. The molecule has 51 heavy (non-hydrogen) atoms. The summed E-state index contributed by atoms with van der Waals surface area (Å²) in [6.45, 7) is 9.76. The predicted molar refractivity (Wildman–Crippen MR) is 194 cm³/mol. The molecule has 0 bridgehead atoms. The van der Waals surface area contributed by atoms with E-state index in [2.05, 4.69) is 72.8 Å². The van der Waals surface area contributed by atoms with Crippen molar-refractivity contribution in [3.8, 4) is 0 Å². The molecule has 1 amide bonds. The van der Waals surface area contributed by atoms with Crippen molar-refractivity contribution in [2.75, 3.05) is 98.7 Å². The number of rotatable bonds is 14.